The fraction of sp³-hybridized carbons (Fsp3) is 0.100. The molecule has 1 aromatic heterocycles. The zero-order valence-corrected chi connectivity index (χ0v) is 7.97. The number of para-hydroxylation sites is 1. The van der Waals surface area contributed by atoms with Gasteiger partial charge >= 0.3 is 0 Å². The fourth-order valence-electron chi connectivity index (χ4n) is 1.68. The molecule has 0 bridgehead atoms. The molecule has 0 saturated carbocycles. The maximum Gasteiger partial charge on any atom is 0.293 e. The molecule has 0 amide bonds. The molecule has 0 atom stereocenters. The number of nitriles is 1. The quantitative estimate of drug-likeness (QED) is 0.523. The van der Waals surface area contributed by atoms with E-state index in [2.05, 4.69) is 0 Å². The molecule has 0 aliphatic heterocycles. The van der Waals surface area contributed by atoms with Gasteiger partial charge in [0.2, 0.25) is 0 Å². The third-order valence-corrected chi connectivity index (χ3v) is 2.30. The molecule has 1 heterocycles. The van der Waals surface area contributed by atoms with E-state index in [1.54, 1.807) is 29.9 Å². The Morgan fingerprint density at radius 3 is 2.87 bits per heavy atom. The molecule has 0 radical (unpaired) electrons. The predicted octanol–water partition coefficient (Wildman–Crippen LogP) is 1.96. The standard InChI is InChI=1S/C10H7N3O2/c1-12-6-7(5-11)8-3-2-4-9(10(8)12)13(14)15/h2-4,6H,1H3. The van der Waals surface area contributed by atoms with E-state index in [0.717, 1.165) is 0 Å². The molecule has 74 valence electrons. The Kier molecular flexibility index (Phi) is 1.90. The van der Waals surface area contributed by atoms with Gasteiger partial charge in [-0.15, -0.1) is 0 Å². The normalized spacial score (nSPS) is 10.1. The van der Waals surface area contributed by atoms with Crippen LogP contribution in [0.4, 0.5) is 5.69 Å². The number of nitrogens with zero attached hydrogens (tertiary/aromatic N) is 3. The molecular formula is C10H7N3O2. The SMILES string of the molecule is Cn1cc(C#N)c2cccc([N+](=O)[O-])c21. The molecule has 15 heavy (non-hydrogen) atoms. The van der Waals surface area contributed by atoms with Crippen LogP contribution in [0.3, 0.4) is 0 Å². The van der Waals surface area contributed by atoms with Crippen LogP contribution in [0.5, 0.6) is 0 Å². The Bertz CT molecular complexity index is 592. The van der Waals surface area contributed by atoms with Crippen LogP contribution in [0.1, 0.15) is 5.56 Å². The summed E-state index contributed by atoms with van der Waals surface area (Å²) in [6, 6.07) is 6.74. The van der Waals surface area contributed by atoms with E-state index in [4.69, 9.17) is 5.26 Å². The van der Waals surface area contributed by atoms with Crippen molar-refractivity contribution in [1.82, 2.24) is 4.57 Å². The molecule has 2 rings (SSSR count). The summed E-state index contributed by atoms with van der Waals surface area (Å²) in [6.45, 7) is 0. The van der Waals surface area contributed by atoms with Gasteiger partial charge in [0.1, 0.15) is 11.6 Å². The van der Waals surface area contributed by atoms with E-state index in [0.29, 0.717) is 16.5 Å². The van der Waals surface area contributed by atoms with Crippen LogP contribution in [0.15, 0.2) is 24.4 Å². The van der Waals surface area contributed by atoms with Crippen LogP contribution in [0.2, 0.25) is 0 Å². The van der Waals surface area contributed by atoms with Gasteiger partial charge in [-0.25, -0.2) is 0 Å². The lowest BCUT2D eigenvalue weighted by atomic mass is 10.2. The van der Waals surface area contributed by atoms with Crippen molar-refractivity contribution in [2.24, 2.45) is 7.05 Å². The van der Waals surface area contributed by atoms with E-state index in [9.17, 15) is 10.1 Å². The van der Waals surface area contributed by atoms with Crippen molar-refractivity contribution in [2.45, 2.75) is 0 Å². The number of hydrogen-bond acceptors (Lipinski definition) is 3. The summed E-state index contributed by atoms with van der Waals surface area (Å²) in [7, 11) is 1.69. The van der Waals surface area contributed by atoms with Crippen LogP contribution >= 0.6 is 0 Å². The molecule has 1 aromatic carbocycles. The van der Waals surface area contributed by atoms with E-state index < -0.39 is 4.92 Å². The van der Waals surface area contributed by atoms with Crippen molar-refractivity contribution < 1.29 is 4.92 Å². The van der Waals surface area contributed by atoms with Gasteiger partial charge in [-0.3, -0.25) is 10.1 Å². The lowest BCUT2D eigenvalue weighted by Gasteiger charge is -1.97. The number of nitro groups is 1. The number of aromatic nitrogens is 1. The zero-order chi connectivity index (χ0) is 11.0. The van der Waals surface area contributed by atoms with E-state index in [-0.39, 0.29) is 5.69 Å². The van der Waals surface area contributed by atoms with Crippen LogP contribution in [-0.2, 0) is 7.05 Å². The molecule has 0 N–H and O–H groups in total. The largest absolute Gasteiger partial charge is 0.344 e. The Morgan fingerprint density at radius 2 is 2.27 bits per heavy atom. The molecule has 5 nitrogen and oxygen atoms in total. The summed E-state index contributed by atoms with van der Waals surface area (Å²) in [5.74, 6) is 0. The first-order valence-corrected chi connectivity index (χ1v) is 4.27. The first-order chi connectivity index (χ1) is 7.15. The van der Waals surface area contributed by atoms with Crippen LogP contribution < -0.4 is 0 Å². The number of hydrogen-bond donors (Lipinski definition) is 0. The third kappa shape index (κ3) is 1.23. The van der Waals surface area contributed by atoms with Gasteiger partial charge in [0.25, 0.3) is 5.69 Å². The third-order valence-electron chi connectivity index (χ3n) is 2.30. The second kappa shape index (κ2) is 3.10. The molecule has 0 saturated heterocycles. The Morgan fingerprint density at radius 1 is 1.53 bits per heavy atom. The summed E-state index contributed by atoms with van der Waals surface area (Å²) >= 11 is 0. The van der Waals surface area contributed by atoms with Crippen LogP contribution in [-0.4, -0.2) is 9.49 Å². The zero-order valence-electron chi connectivity index (χ0n) is 7.97. The van der Waals surface area contributed by atoms with Crippen LogP contribution in [0.25, 0.3) is 10.9 Å². The van der Waals surface area contributed by atoms with Crippen molar-refractivity contribution >= 4 is 16.6 Å². The summed E-state index contributed by atoms with van der Waals surface area (Å²) in [6.07, 6.45) is 1.59. The summed E-state index contributed by atoms with van der Waals surface area (Å²) in [5, 5.41) is 20.2. The number of fused-ring (bicyclic) bond motifs is 1. The number of benzene rings is 1. The molecule has 0 aliphatic rings. The summed E-state index contributed by atoms with van der Waals surface area (Å²) < 4.78 is 1.60. The summed E-state index contributed by atoms with van der Waals surface area (Å²) in [5.41, 5.74) is 0.965. The van der Waals surface area contributed by atoms with Crippen molar-refractivity contribution in [3.05, 3.63) is 40.1 Å². The molecular weight excluding hydrogens is 194 g/mol. The van der Waals surface area contributed by atoms with Crippen molar-refractivity contribution in [3.8, 4) is 6.07 Å². The average molecular weight is 201 g/mol. The average Bonchev–Trinajstić information content (AvgIpc) is 2.55. The van der Waals surface area contributed by atoms with Gasteiger partial charge in [-0.05, 0) is 0 Å². The molecule has 2 aromatic rings. The lowest BCUT2D eigenvalue weighted by molar-refractivity contribution is -0.383. The van der Waals surface area contributed by atoms with Gasteiger partial charge in [-0.1, -0.05) is 12.1 Å². The first-order valence-electron chi connectivity index (χ1n) is 4.27. The van der Waals surface area contributed by atoms with E-state index in [1.807, 2.05) is 6.07 Å². The Labute approximate surface area is 85.3 Å². The monoisotopic (exact) mass is 201 g/mol. The van der Waals surface area contributed by atoms with Gasteiger partial charge in [0.15, 0.2) is 0 Å². The highest BCUT2D eigenvalue weighted by atomic mass is 16.6. The van der Waals surface area contributed by atoms with Gasteiger partial charge in [-0.2, -0.15) is 5.26 Å². The molecule has 5 heteroatoms. The number of aryl methyl sites for hydroxylation is 1. The highest BCUT2D eigenvalue weighted by Crippen LogP contribution is 2.28. The Balaban J connectivity index is 2.94. The van der Waals surface area contributed by atoms with Crippen LogP contribution in [0, 0.1) is 21.4 Å². The topological polar surface area (TPSA) is 71.9 Å². The highest BCUT2D eigenvalue weighted by Gasteiger charge is 2.16. The number of nitro benzene ring substituents is 1. The minimum absolute atomic E-state index is 0.0245. The number of non-ortho nitro benzene ring substituents is 1. The van der Waals surface area contributed by atoms with Crippen molar-refractivity contribution in [3.63, 3.8) is 0 Å². The maximum absolute atomic E-state index is 10.8. The smallest absolute Gasteiger partial charge is 0.293 e. The van der Waals surface area contributed by atoms with E-state index in [1.165, 1.54) is 6.07 Å². The van der Waals surface area contributed by atoms with Crippen molar-refractivity contribution in [1.29, 1.82) is 5.26 Å². The minimum atomic E-state index is -0.441. The highest BCUT2D eigenvalue weighted by molar-refractivity contribution is 5.92. The second-order valence-electron chi connectivity index (χ2n) is 3.20. The Hall–Kier alpha value is -2.35. The first kappa shape index (κ1) is 9.21. The van der Waals surface area contributed by atoms with Gasteiger partial charge < -0.3 is 4.57 Å². The van der Waals surface area contributed by atoms with Gasteiger partial charge in [0.05, 0.1) is 10.5 Å². The van der Waals surface area contributed by atoms with Crippen molar-refractivity contribution in [2.75, 3.05) is 0 Å². The maximum atomic E-state index is 10.8. The minimum Gasteiger partial charge on any atom is -0.344 e. The van der Waals surface area contributed by atoms with Gasteiger partial charge in [0, 0.05) is 24.7 Å². The molecule has 0 spiro atoms. The molecule has 0 unspecified atom stereocenters. The fourth-order valence-corrected chi connectivity index (χ4v) is 1.68. The van der Waals surface area contributed by atoms with E-state index >= 15 is 0 Å². The predicted molar refractivity (Wildman–Crippen MR) is 54.3 cm³/mol. The number of rotatable bonds is 1. The lowest BCUT2D eigenvalue weighted by Crippen LogP contribution is -1.92. The molecule has 0 fully saturated rings. The summed E-state index contributed by atoms with van der Waals surface area (Å²) in [4.78, 5) is 10.3. The molecule has 0 aliphatic carbocycles. The second-order valence-corrected chi connectivity index (χ2v) is 3.20.